The van der Waals surface area contributed by atoms with Gasteiger partial charge in [0.15, 0.2) is 5.75 Å². The molecule has 80 valence electrons. The molecule has 1 aromatic rings. The van der Waals surface area contributed by atoms with Gasteiger partial charge in [-0.1, -0.05) is 12.1 Å². The quantitative estimate of drug-likeness (QED) is 0.784. The molecule has 1 aromatic carbocycles. The van der Waals surface area contributed by atoms with Crippen molar-refractivity contribution in [3.05, 3.63) is 39.0 Å². The number of amides is 1. The Hall–Kier alpha value is -1.36. The van der Waals surface area contributed by atoms with Gasteiger partial charge in [-0.3, -0.25) is 4.79 Å². The summed E-state index contributed by atoms with van der Waals surface area (Å²) in [6.45, 7) is 0. The molecule has 0 N–H and O–H groups in total. The van der Waals surface area contributed by atoms with Gasteiger partial charge in [0.1, 0.15) is 0 Å². The molecule has 0 fully saturated rings. The molecule has 0 spiro atoms. The first-order valence-electron chi connectivity index (χ1n) is 4.20. The lowest BCUT2D eigenvalue weighted by Gasteiger charge is -2.08. The van der Waals surface area contributed by atoms with Gasteiger partial charge in [-0.2, -0.15) is 0 Å². The summed E-state index contributed by atoms with van der Waals surface area (Å²) in [6, 6.07) is 6.35. The molecule has 0 aliphatic heterocycles. The van der Waals surface area contributed by atoms with Gasteiger partial charge in [-0.15, -0.1) is 0 Å². The Morgan fingerprint density at radius 3 is 2.53 bits per heavy atom. The van der Waals surface area contributed by atoms with Crippen molar-refractivity contribution < 1.29 is 9.53 Å². The van der Waals surface area contributed by atoms with Gasteiger partial charge in [0, 0.05) is 14.1 Å². The zero-order valence-corrected chi connectivity index (χ0v) is 9.95. The number of halogens is 1. The maximum atomic E-state index is 11.6. The van der Waals surface area contributed by atoms with Crippen LogP contribution in [0.3, 0.4) is 0 Å². The van der Waals surface area contributed by atoms with Crippen molar-refractivity contribution in [3.63, 3.8) is 0 Å². The standard InChI is InChI=1S/C10H10BrNO3/c1-12(2)10(14)15-8-6-4-3-5-7(11)9(8)13/h3-6H,1-2H3. The topological polar surface area (TPSA) is 46.6 Å². The lowest BCUT2D eigenvalue weighted by molar-refractivity contribution is 0.171. The highest BCUT2D eigenvalue weighted by Gasteiger charge is 2.09. The Kier molecular flexibility index (Phi) is 3.85. The molecule has 0 atom stereocenters. The van der Waals surface area contributed by atoms with E-state index in [9.17, 15) is 9.59 Å². The van der Waals surface area contributed by atoms with Crippen LogP contribution in [-0.4, -0.2) is 25.1 Å². The fraction of sp³-hybridized carbons (Fsp3) is 0.200. The maximum absolute atomic E-state index is 11.6. The molecule has 0 aromatic heterocycles. The van der Waals surface area contributed by atoms with E-state index in [-0.39, 0.29) is 11.2 Å². The van der Waals surface area contributed by atoms with Crippen LogP contribution in [0.5, 0.6) is 5.75 Å². The second kappa shape index (κ2) is 4.93. The minimum atomic E-state index is -0.579. The number of rotatable bonds is 1. The van der Waals surface area contributed by atoms with Crippen molar-refractivity contribution in [2.24, 2.45) is 0 Å². The van der Waals surface area contributed by atoms with E-state index in [1.807, 2.05) is 0 Å². The molecule has 4 nitrogen and oxygen atoms in total. The number of carbonyl (C=O) groups excluding carboxylic acids is 1. The van der Waals surface area contributed by atoms with Gasteiger partial charge in [0.2, 0.25) is 5.43 Å². The molecule has 0 radical (unpaired) electrons. The molecule has 0 heterocycles. The fourth-order valence-corrected chi connectivity index (χ4v) is 1.17. The molecule has 1 rings (SSSR count). The van der Waals surface area contributed by atoms with Gasteiger partial charge in [0.05, 0.1) is 4.47 Å². The number of ether oxygens (including phenoxy) is 1. The Morgan fingerprint density at radius 2 is 1.93 bits per heavy atom. The summed E-state index contributed by atoms with van der Waals surface area (Å²) < 4.78 is 5.25. The summed E-state index contributed by atoms with van der Waals surface area (Å²) in [5.41, 5.74) is -0.352. The second-order valence-corrected chi connectivity index (χ2v) is 3.88. The Morgan fingerprint density at radius 1 is 1.33 bits per heavy atom. The molecule has 0 unspecified atom stereocenters. The van der Waals surface area contributed by atoms with Gasteiger partial charge >= 0.3 is 6.09 Å². The van der Waals surface area contributed by atoms with E-state index in [0.717, 1.165) is 0 Å². The summed E-state index contributed by atoms with van der Waals surface area (Å²) in [6.07, 6.45) is -0.579. The Labute approximate surface area is 95.6 Å². The lowest BCUT2D eigenvalue weighted by atomic mass is 10.4. The molecule has 15 heavy (non-hydrogen) atoms. The fourth-order valence-electron chi connectivity index (χ4n) is 0.818. The number of hydrogen-bond acceptors (Lipinski definition) is 3. The highest BCUT2D eigenvalue weighted by atomic mass is 79.9. The van der Waals surface area contributed by atoms with Crippen molar-refractivity contribution in [2.75, 3.05) is 14.1 Å². The normalized spacial score (nSPS) is 9.53. The van der Waals surface area contributed by atoms with Crippen molar-refractivity contribution >= 4 is 22.0 Å². The largest absolute Gasteiger partial charge is 0.414 e. The summed E-state index contributed by atoms with van der Waals surface area (Å²) >= 11 is 3.09. The van der Waals surface area contributed by atoms with Crippen LogP contribution in [0.15, 0.2) is 33.5 Å². The smallest absolute Gasteiger partial charge is 0.406 e. The SMILES string of the molecule is CN(C)C(=O)Oc1ccccc(Br)c1=O. The predicted molar refractivity (Wildman–Crippen MR) is 60.1 cm³/mol. The molecule has 0 saturated carbocycles. The number of nitrogens with zero attached hydrogens (tertiary/aromatic N) is 1. The first kappa shape index (κ1) is 11.7. The number of hydrogen-bond donors (Lipinski definition) is 0. The first-order chi connectivity index (χ1) is 7.02. The zero-order valence-electron chi connectivity index (χ0n) is 8.36. The number of carbonyl (C=O) groups is 1. The molecule has 0 aliphatic rings. The van der Waals surface area contributed by atoms with E-state index < -0.39 is 6.09 Å². The van der Waals surface area contributed by atoms with Gasteiger partial charge in [-0.05, 0) is 28.1 Å². The van der Waals surface area contributed by atoms with Crippen LogP contribution in [0.2, 0.25) is 0 Å². The monoisotopic (exact) mass is 271 g/mol. The average Bonchev–Trinajstić information content (AvgIpc) is 2.33. The van der Waals surface area contributed by atoms with Gasteiger partial charge < -0.3 is 9.64 Å². The van der Waals surface area contributed by atoms with Gasteiger partial charge in [0.25, 0.3) is 0 Å². The third kappa shape index (κ3) is 3.06. The molecule has 0 bridgehead atoms. The Bertz CT molecular complexity index is 431. The summed E-state index contributed by atoms with van der Waals surface area (Å²) in [5, 5.41) is 0. The van der Waals surface area contributed by atoms with Crippen LogP contribution in [0, 0.1) is 0 Å². The summed E-state index contributed by atoms with van der Waals surface area (Å²) in [5.74, 6) is 0.00516. The molecule has 1 amide bonds. The molecule has 0 aliphatic carbocycles. The first-order valence-corrected chi connectivity index (χ1v) is 4.99. The molecular weight excluding hydrogens is 262 g/mol. The van der Waals surface area contributed by atoms with Gasteiger partial charge in [-0.25, -0.2) is 4.79 Å². The zero-order chi connectivity index (χ0) is 11.4. The van der Waals surface area contributed by atoms with E-state index in [1.165, 1.54) is 11.0 Å². The Balaban J connectivity index is 3.07. The van der Waals surface area contributed by atoms with Crippen molar-refractivity contribution in [1.82, 2.24) is 4.90 Å². The van der Waals surface area contributed by atoms with Crippen LogP contribution in [0.4, 0.5) is 4.79 Å². The van der Waals surface area contributed by atoms with E-state index in [2.05, 4.69) is 15.9 Å². The van der Waals surface area contributed by atoms with Crippen molar-refractivity contribution in [2.45, 2.75) is 0 Å². The third-order valence-corrected chi connectivity index (χ3v) is 2.23. The average molecular weight is 272 g/mol. The molecular formula is C10H10BrNO3. The minimum absolute atomic E-state index is 0.00516. The van der Waals surface area contributed by atoms with Crippen LogP contribution in [-0.2, 0) is 0 Å². The van der Waals surface area contributed by atoms with Crippen molar-refractivity contribution in [1.29, 1.82) is 0 Å². The van der Waals surface area contributed by atoms with Crippen molar-refractivity contribution in [3.8, 4) is 5.75 Å². The second-order valence-electron chi connectivity index (χ2n) is 3.02. The van der Waals surface area contributed by atoms with E-state index >= 15 is 0 Å². The maximum Gasteiger partial charge on any atom is 0.414 e. The van der Waals surface area contributed by atoms with Crippen LogP contribution in [0.1, 0.15) is 0 Å². The molecule has 0 saturated heterocycles. The molecule has 5 heteroatoms. The van der Waals surface area contributed by atoms with E-state index in [4.69, 9.17) is 4.74 Å². The predicted octanol–water partition coefficient (Wildman–Crippen LogP) is 1.87. The third-order valence-electron chi connectivity index (χ3n) is 1.60. The summed E-state index contributed by atoms with van der Waals surface area (Å²) in [4.78, 5) is 24.1. The van der Waals surface area contributed by atoms with E-state index in [0.29, 0.717) is 4.47 Å². The van der Waals surface area contributed by atoms with Crippen LogP contribution in [0.25, 0.3) is 0 Å². The minimum Gasteiger partial charge on any atom is -0.406 e. The van der Waals surface area contributed by atoms with E-state index in [1.54, 1.807) is 32.3 Å². The highest BCUT2D eigenvalue weighted by molar-refractivity contribution is 9.10. The highest BCUT2D eigenvalue weighted by Crippen LogP contribution is 2.09. The summed E-state index contributed by atoms with van der Waals surface area (Å²) in [7, 11) is 3.09. The lowest BCUT2D eigenvalue weighted by Crippen LogP contribution is -2.27. The van der Waals surface area contributed by atoms with Crippen LogP contribution >= 0.6 is 15.9 Å². The van der Waals surface area contributed by atoms with Crippen LogP contribution < -0.4 is 10.2 Å².